The van der Waals surface area contributed by atoms with Crippen LogP contribution in [0.4, 0.5) is 11.4 Å². The number of ether oxygens (including phenoxy) is 2. The number of carbonyl (C=O) groups excluding carboxylic acids is 1. The van der Waals surface area contributed by atoms with Crippen molar-refractivity contribution in [2.24, 2.45) is 0 Å². The Kier molecular flexibility index (Phi) is 4.60. The van der Waals surface area contributed by atoms with Gasteiger partial charge in [-0.25, -0.2) is 0 Å². The van der Waals surface area contributed by atoms with Crippen LogP contribution in [0.25, 0.3) is 0 Å². The summed E-state index contributed by atoms with van der Waals surface area (Å²) in [5.74, 6) is 0.566. The molecule has 0 saturated heterocycles. The number of hydrogen-bond acceptors (Lipinski definition) is 4. The number of hydrogen-bond donors (Lipinski definition) is 1. The third-order valence-electron chi connectivity index (χ3n) is 2.89. The van der Waals surface area contributed by atoms with Gasteiger partial charge in [0, 0.05) is 17.4 Å². The summed E-state index contributed by atoms with van der Waals surface area (Å²) in [4.78, 5) is 11.2. The lowest BCUT2D eigenvalue weighted by Gasteiger charge is -2.08. The highest BCUT2D eigenvalue weighted by atomic mass is 16.5. The second-order valence-electron chi connectivity index (χ2n) is 4.31. The van der Waals surface area contributed by atoms with Crippen LogP contribution in [0.3, 0.4) is 0 Å². The molecule has 1 N–H and O–H groups in total. The first-order valence-corrected chi connectivity index (χ1v) is 6.28. The molecule has 0 aliphatic rings. The topological polar surface area (TPSA) is 47.6 Å². The van der Waals surface area contributed by atoms with Gasteiger partial charge in [-0.1, -0.05) is 18.2 Å². The van der Waals surface area contributed by atoms with Crippen LogP contribution in [-0.4, -0.2) is 20.2 Å². The zero-order chi connectivity index (χ0) is 14.4. The average molecular weight is 271 g/mol. The molecule has 0 atom stereocenters. The minimum atomic E-state index is -0.237. The van der Waals surface area contributed by atoms with Gasteiger partial charge in [0.25, 0.3) is 0 Å². The summed E-state index contributed by atoms with van der Waals surface area (Å²) in [6.07, 6.45) is 0.288. The highest BCUT2D eigenvalue weighted by Gasteiger charge is 2.03. The van der Waals surface area contributed by atoms with Gasteiger partial charge in [0.05, 0.1) is 20.6 Å². The summed E-state index contributed by atoms with van der Waals surface area (Å²) >= 11 is 0. The Morgan fingerprint density at radius 2 is 1.80 bits per heavy atom. The molecule has 0 aromatic heterocycles. The van der Waals surface area contributed by atoms with Crippen LogP contribution in [0.1, 0.15) is 5.56 Å². The lowest BCUT2D eigenvalue weighted by molar-refractivity contribution is -0.139. The molecule has 2 aromatic rings. The molecule has 2 rings (SSSR count). The predicted octanol–water partition coefficient (Wildman–Crippen LogP) is 3.15. The lowest BCUT2D eigenvalue weighted by atomic mass is 10.1. The minimum absolute atomic E-state index is 0.237. The van der Waals surface area contributed by atoms with Crippen LogP contribution < -0.4 is 10.1 Å². The van der Waals surface area contributed by atoms with Crippen molar-refractivity contribution in [3.63, 3.8) is 0 Å². The number of anilines is 2. The van der Waals surface area contributed by atoms with Crippen LogP contribution in [0.2, 0.25) is 0 Å². The van der Waals surface area contributed by atoms with Gasteiger partial charge < -0.3 is 14.8 Å². The summed E-state index contributed by atoms with van der Waals surface area (Å²) in [6.45, 7) is 0. The van der Waals surface area contributed by atoms with E-state index in [1.54, 1.807) is 7.11 Å². The van der Waals surface area contributed by atoms with Gasteiger partial charge in [0.2, 0.25) is 0 Å². The number of methoxy groups -OCH3 is 2. The maximum absolute atomic E-state index is 11.2. The molecule has 104 valence electrons. The van der Waals surface area contributed by atoms with Crippen molar-refractivity contribution in [3.05, 3.63) is 54.1 Å². The van der Waals surface area contributed by atoms with Crippen LogP contribution in [0.5, 0.6) is 5.75 Å². The lowest BCUT2D eigenvalue weighted by Crippen LogP contribution is -2.04. The molecule has 0 fully saturated rings. The van der Waals surface area contributed by atoms with Gasteiger partial charge >= 0.3 is 5.97 Å². The standard InChI is InChI=1S/C16H17NO3/c1-19-15-5-3-4-14(11-15)17-13-8-6-12(7-9-13)10-16(18)20-2/h3-9,11,17H,10H2,1-2H3. The molecule has 0 unspecified atom stereocenters. The van der Waals surface area contributed by atoms with Crippen molar-refractivity contribution in [1.29, 1.82) is 0 Å². The molecule has 0 saturated carbocycles. The molecule has 0 radical (unpaired) electrons. The zero-order valence-corrected chi connectivity index (χ0v) is 11.6. The maximum Gasteiger partial charge on any atom is 0.309 e. The van der Waals surface area contributed by atoms with Gasteiger partial charge in [0.15, 0.2) is 0 Å². The third kappa shape index (κ3) is 3.75. The largest absolute Gasteiger partial charge is 0.497 e. The van der Waals surface area contributed by atoms with E-state index in [4.69, 9.17) is 4.74 Å². The van der Waals surface area contributed by atoms with E-state index in [0.717, 1.165) is 22.7 Å². The predicted molar refractivity (Wildman–Crippen MR) is 78.4 cm³/mol. The molecule has 20 heavy (non-hydrogen) atoms. The van der Waals surface area contributed by atoms with Crippen molar-refractivity contribution >= 4 is 17.3 Å². The van der Waals surface area contributed by atoms with Gasteiger partial charge in [-0.3, -0.25) is 4.79 Å². The van der Waals surface area contributed by atoms with E-state index in [0.29, 0.717) is 0 Å². The first kappa shape index (κ1) is 13.9. The molecular formula is C16H17NO3. The smallest absolute Gasteiger partial charge is 0.309 e. The van der Waals surface area contributed by atoms with E-state index in [2.05, 4.69) is 10.1 Å². The van der Waals surface area contributed by atoms with Crippen molar-refractivity contribution in [3.8, 4) is 5.75 Å². The summed E-state index contributed by atoms with van der Waals surface area (Å²) in [5, 5.41) is 3.28. The number of benzene rings is 2. The normalized spacial score (nSPS) is 9.90. The molecule has 0 aliphatic heterocycles. The molecule has 0 amide bonds. The fourth-order valence-electron chi connectivity index (χ4n) is 1.81. The highest BCUT2D eigenvalue weighted by Crippen LogP contribution is 2.21. The average Bonchev–Trinajstić information content (AvgIpc) is 2.49. The minimum Gasteiger partial charge on any atom is -0.497 e. The van der Waals surface area contributed by atoms with Crippen LogP contribution in [-0.2, 0) is 16.0 Å². The Morgan fingerprint density at radius 3 is 2.45 bits per heavy atom. The van der Waals surface area contributed by atoms with E-state index < -0.39 is 0 Å². The quantitative estimate of drug-likeness (QED) is 0.849. The Labute approximate surface area is 118 Å². The van der Waals surface area contributed by atoms with Gasteiger partial charge in [-0.2, -0.15) is 0 Å². The summed E-state index contributed by atoms with van der Waals surface area (Å²) < 4.78 is 9.81. The van der Waals surface area contributed by atoms with E-state index >= 15 is 0 Å². The molecular weight excluding hydrogens is 254 g/mol. The second-order valence-corrected chi connectivity index (χ2v) is 4.31. The Morgan fingerprint density at radius 1 is 1.05 bits per heavy atom. The van der Waals surface area contributed by atoms with Crippen molar-refractivity contribution in [2.45, 2.75) is 6.42 Å². The monoisotopic (exact) mass is 271 g/mol. The Bertz CT molecular complexity index is 579. The van der Waals surface area contributed by atoms with Gasteiger partial charge in [-0.15, -0.1) is 0 Å². The van der Waals surface area contributed by atoms with Crippen molar-refractivity contribution in [2.75, 3.05) is 19.5 Å². The molecule has 0 bridgehead atoms. The van der Waals surface area contributed by atoms with E-state index in [1.807, 2.05) is 48.5 Å². The molecule has 0 heterocycles. The zero-order valence-electron chi connectivity index (χ0n) is 11.6. The van der Waals surface area contributed by atoms with E-state index in [1.165, 1.54) is 7.11 Å². The van der Waals surface area contributed by atoms with E-state index in [-0.39, 0.29) is 12.4 Å². The van der Waals surface area contributed by atoms with Crippen LogP contribution in [0, 0.1) is 0 Å². The van der Waals surface area contributed by atoms with Crippen LogP contribution >= 0.6 is 0 Å². The number of esters is 1. The van der Waals surface area contributed by atoms with Gasteiger partial charge in [-0.05, 0) is 29.8 Å². The maximum atomic E-state index is 11.2. The second kappa shape index (κ2) is 6.61. The van der Waals surface area contributed by atoms with Crippen LogP contribution in [0.15, 0.2) is 48.5 Å². The summed E-state index contributed by atoms with van der Waals surface area (Å²) in [7, 11) is 3.03. The summed E-state index contributed by atoms with van der Waals surface area (Å²) in [5.41, 5.74) is 2.82. The van der Waals surface area contributed by atoms with Gasteiger partial charge in [0.1, 0.15) is 5.75 Å². The van der Waals surface area contributed by atoms with Crippen molar-refractivity contribution < 1.29 is 14.3 Å². The SMILES string of the molecule is COC(=O)Cc1ccc(Nc2cccc(OC)c2)cc1. The Balaban J connectivity index is 2.04. The molecule has 4 nitrogen and oxygen atoms in total. The fraction of sp³-hybridized carbons (Fsp3) is 0.188. The van der Waals surface area contributed by atoms with E-state index in [9.17, 15) is 4.79 Å². The Hall–Kier alpha value is -2.49. The number of nitrogens with one attached hydrogen (secondary N) is 1. The first-order chi connectivity index (χ1) is 9.71. The summed E-state index contributed by atoms with van der Waals surface area (Å²) in [6, 6.07) is 15.4. The number of carbonyl (C=O) groups is 1. The molecule has 0 aliphatic carbocycles. The molecule has 2 aromatic carbocycles. The molecule has 4 heteroatoms. The third-order valence-corrected chi connectivity index (χ3v) is 2.89. The molecule has 0 spiro atoms. The first-order valence-electron chi connectivity index (χ1n) is 6.28. The fourth-order valence-corrected chi connectivity index (χ4v) is 1.81. The highest BCUT2D eigenvalue weighted by molar-refractivity contribution is 5.72. The van der Waals surface area contributed by atoms with Crippen molar-refractivity contribution in [1.82, 2.24) is 0 Å². The number of rotatable bonds is 5.